The third kappa shape index (κ3) is 4.46. The predicted octanol–water partition coefficient (Wildman–Crippen LogP) is 7.93. The third-order valence-electron chi connectivity index (χ3n) is 8.15. The first-order valence-electron chi connectivity index (χ1n) is 12.5. The van der Waals surface area contributed by atoms with Gasteiger partial charge < -0.3 is 5.32 Å². The van der Waals surface area contributed by atoms with E-state index in [9.17, 15) is 0 Å². The summed E-state index contributed by atoms with van der Waals surface area (Å²) in [5.74, 6) is 4.45. The van der Waals surface area contributed by atoms with Crippen LogP contribution in [0.5, 0.6) is 0 Å². The molecule has 3 heteroatoms. The van der Waals surface area contributed by atoms with E-state index >= 15 is 0 Å². The minimum atomic E-state index is 0.696. The molecule has 170 valence electrons. The van der Waals surface area contributed by atoms with Gasteiger partial charge in [0, 0.05) is 12.1 Å². The Hall–Kier alpha value is -2.94. The summed E-state index contributed by atoms with van der Waals surface area (Å²) in [5, 5.41) is 3.64. The van der Waals surface area contributed by atoms with Crippen LogP contribution >= 0.6 is 0 Å². The number of nitrogens with zero attached hydrogens (tertiary/aromatic N) is 2. The Kier molecular flexibility index (Phi) is 6.30. The predicted molar refractivity (Wildman–Crippen MR) is 140 cm³/mol. The Morgan fingerprint density at radius 3 is 2.36 bits per heavy atom. The lowest BCUT2D eigenvalue weighted by atomic mass is 9.88. The zero-order chi connectivity index (χ0) is 22.8. The first kappa shape index (κ1) is 21.9. The molecule has 0 aliphatic heterocycles. The van der Waals surface area contributed by atoms with Gasteiger partial charge in [0.15, 0.2) is 5.82 Å². The van der Waals surface area contributed by atoms with E-state index in [1.807, 2.05) is 6.07 Å². The average Bonchev–Trinajstić information content (AvgIpc) is 3.43. The number of pyridine rings is 1. The average molecular weight is 438 g/mol. The smallest absolute Gasteiger partial charge is 0.175 e. The van der Waals surface area contributed by atoms with Crippen LogP contribution in [0.15, 0.2) is 65.7 Å². The molecular weight excluding hydrogens is 402 g/mol. The highest BCUT2D eigenvalue weighted by atomic mass is 15.0. The van der Waals surface area contributed by atoms with Crippen LogP contribution < -0.4 is 5.32 Å². The molecule has 2 unspecified atom stereocenters. The fourth-order valence-electron chi connectivity index (χ4n) is 6.36. The van der Waals surface area contributed by atoms with Gasteiger partial charge in [-0.15, -0.1) is 0 Å². The molecule has 0 saturated heterocycles. The standard InChI is InChI=1S/C30H35N3/c1-20-9-15-27-24(14-16-26(20)27)17-18-32-28-19-21(2)29(33-30(28)31-3)25-12-10-23(11-13-25)22-7-5-4-6-8-22/h4-8,10-13,19-20,24,26-27,32H,3,9,14-18H2,1-2H3/t20?,24?,26-,27-/m1/s1. The molecule has 3 aromatic rings. The molecule has 2 fully saturated rings. The van der Waals surface area contributed by atoms with Crippen LogP contribution in [0.3, 0.4) is 0 Å². The molecule has 2 aliphatic rings. The normalized spacial score (nSPS) is 23.9. The molecule has 1 aromatic heterocycles. The monoisotopic (exact) mass is 437 g/mol. The second-order valence-electron chi connectivity index (χ2n) is 10.1. The number of anilines is 1. The van der Waals surface area contributed by atoms with Gasteiger partial charge in [0.1, 0.15) is 0 Å². The van der Waals surface area contributed by atoms with Crippen LogP contribution in [0.2, 0.25) is 0 Å². The highest BCUT2D eigenvalue weighted by Crippen LogP contribution is 2.51. The lowest BCUT2D eigenvalue weighted by Gasteiger charge is -2.20. The fraction of sp³-hybridized carbons (Fsp3) is 0.400. The van der Waals surface area contributed by atoms with Crippen molar-refractivity contribution in [3.63, 3.8) is 0 Å². The summed E-state index contributed by atoms with van der Waals surface area (Å²) < 4.78 is 0. The SMILES string of the molecule is C=Nc1nc(-c2ccc(-c3ccccc3)cc2)c(C)cc1NCCC1CC[C@@H]2C(C)CC[C@H]12. The summed E-state index contributed by atoms with van der Waals surface area (Å²) in [6.07, 6.45) is 6.96. The zero-order valence-electron chi connectivity index (χ0n) is 19.9. The van der Waals surface area contributed by atoms with Crippen molar-refractivity contribution in [2.45, 2.75) is 46.0 Å². The van der Waals surface area contributed by atoms with E-state index in [2.05, 4.69) is 85.5 Å². The minimum Gasteiger partial charge on any atom is -0.382 e. The summed E-state index contributed by atoms with van der Waals surface area (Å²) in [5.41, 5.74) is 6.67. The highest BCUT2D eigenvalue weighted by molar-refractivity contribution is 5.75. The molecule has 0 amide bonds. The molecule has 1 heterocycles. The number of aromatic nitrogens is 1. The van der Waals surface area contributed by atoms with Crippen LogP contribution in [-0.4, -0.2) is 18.2 Å². The number of aryl methyl sites for hydroxylation is 1. The molecule has 4 atom stereocenters. The van der Waals surface area contributed by atoms with Crippen LogP contribution in [-0.2, 0) is 0 Å². The molecule has 3 nitrogen and oxygen atoms in total. The van der Waals surface area contributed by atoms with Crippen molar-refractivity contribution in [1.82, 2.24) is 4.98 Å². The van der Waals surface area contributed by atoms with Gasteiger partial charge >= 0.3 is 0 Å². The summed E-state index contributed by atoms with van der Waals surface area (Å²) in [6.45, 7) is 9.37. The molecule has 5 rings (SSSR count). The van der Waals surface area contributed by atoms with E-state index in [0.29, 0.717) is 5.82 Å². The number of nitrogens with one attached hydrogen (secondary N) is 1. The molecule has 0 spiro atoms. The Morgan fingerprint density at radius 2 is 1.61 bits per heavy atom. The third-order valence-corrected chi connectivity index (χ3v) is 8.15. The molecule has 0 bridgehead atoms. The molecule has 0 radical (unpaired) electrons. The fourth-order valence-corrected chi connectivity index (χ4v) is 6.36. The number of hydrogen-bond acceptors (Lipinski definition) is 3. The van der Waals surface area contributed by atoms with Crippen LogP contribution in [0, 0.1) is 30.6 Å². The van der Waals surface area contributed by atoms with Crippen LogP contribution in [0.4, 0.5) is 11.5 Å². The van der Waals surface area contributed by atoms with E-state index in [4.69, 9.17) is 4.98 Å². The molecule has 33 heavy (non-hydrogen) atoms. The van der Waals surface area contributed by atoms with Crippen molar-refractivity contribution in [2.24, 2.45) is 28.7 Å². The van der Waals surface area contributed by atoms with Gasteiger partial charge in [-0.1, -0.05) is 67.9 Å². The maximum atomic E-state index is 4.89. The van der Waals surface area contributed by atoms with Crippen molar-refractivity contribution in [3.05, 3.63) is 66.2 Å². The minimum absolute atomic E-state index is 0.696. The Labute approximate surface area is 198 Å². The van der Waals surface area contributed by atoms with E-state index in [0.717, 1.165) is 52.7 Å². The molecule has 2 aromatic carbocycles. The Balaban J connectivity index is 1.28. The first-order chi connectivity index (χ1) is 16.1. The van der Waals surface area contributed by atoms with Gasteiger partial charge in [0.25, 0.3) is 0 Å². The summed E-state index contributed by atoms with van der Waals surface area (Å²) in [4.78, 5) is 9.14. The van der Waals surface area contributed by atoms with Gasteiger partial charge in [-0.05, 0) is 85.8 Å². The number of fused-ring (bicyclic) bond motifs is 1. The number of aliphatic imine (C=N–C) groups is 1. The van der Waals surface area contributed by atoms with E-state index < -0.39 is 0 Å². The summed E-state index contributed by atoms with van der Waals surface area (Å²) in [6, 6.07) is 21.3. The van der Waals surface area contributed by atoms with Gasteiger partial charge in [0.2, 0.25) is 0 Å². The second-order valence-corrected chi connectivity index (χ2v) is 10.1. The topological polar surface area (TPSA) is 37.3 Å². The van der Waals surface area contributed by atoms with Gasteiger partial charge in [-0.2, -0.15) is 0 Å². The van der Waals surface area contributed by atoms with Crippen molar-refractivity contribution in [1.29, 1.82) is 0 Å². The van der Waals surface area contributed by atoms with E-state index in [1.54, 1.807) is 0 Å². The Morgan fingerprint density at radius 1 is 0.909 bits per heavy atom. The van der Waals surface area contributed by atoms with Gasteiger partial charge in [0.05, 0.1) is 11.4 Å². The van der Waals surface area contributed by atoms with Crippen molar-refractivity contribution >= 4 is 18.2 Å². The quantitative estimate of drug-likeness (QED) is 0.381. The summed E-state index contributed by atoms with van der Waals surface area (Å²) in [7, 11) is 0. The van der Waals surface area contributed by atoms with E-state index in [1.165, 1.54) is 43.2 Å². The highest BCUT2D eigenvalue weighted by Gasteiger charge is 2.42. The largest absolute Gasteiger partial charge is 0.382 e. The van der Waals surface area contributed by atoms with Gasteiger partial charge in [-0.3, -0.25) is 0 Å². The van der Waals surface area contributed by atoms with Crippen molar-refractivity contribution in [3.8, 4) is 22.4 Å². The Bertz CT molecular complexity index is 1100. The number of benzene rings is 2. The first-order valence-corrected chi connectivity index (χ1v) is 12.5. The van der Waals surface area contributed by atoms with Gasteiger partial charge in [-0.25, -0.2) is 9.98 Å². The maximum Gasteiger partial charge on any atom is 0.175 e. The lowest BCUT2D eigenvalue weighted by Crippen LogP contribution is -2.15. The molecule has 1 N–H and O–H groups in total. The van der Waals surface area contributed by atoms with E-state index in [-0.39, 0.29) is 0 Å². The zero-order valence-corrected chi connectivity index (χ0v) is 19.9. The molecule has 2 aliphatic carbocycles. The molecular formula is C30H35N3. The van der Waals surface area contributed by atoms with Crippen molar-refractivity contribution in [2.75, 3.05) is 11.9 Å². The number of rotatable bonds is 7. The summed E-state index contributed by atoms with van der Waals surface area (Å²) >= 11 is 0. The van der Waals surface area contributed by atoms with Crippen LogP contribution in [0.1, 0.15) is 44.6 Å². The van der Waals surface area contributed by atoms with Crippen LogP contribution in [0.25, 0.3) is 22.4 Å². The second kappa shape index (κ2) is 9.51. The van der Waals surface area contributed by atoms with Crippen molar-refractivity contribution < 1.29 is 0 Å². The lowest BCUT2D eigenvalue weighted by molar-refractivity contribution is 0.317. The molecule has 2 saturated carbocycles. The maximum absolute atomic E-state index is 4.89. The number of hydrogen-bond donors (Lipinski definition) is 1.